The van der Waals surface area contributed by atoms with Crippen LogP contribution in [-0.4, -0.2) is 24.5 Å². The first kappa shape index (κ1) is 14.8. The lowest BCUT2D eigenvalue weighted by atomic mass is 10.1. The van der Waals surface area contributed by atoms with Crippen molar-refractivity contribution in [2.24, 2.45) is 0 Å². The summed E-state index contributed by atoms with van der Waals surface area (Å²) in [6.45, 7) is 6.68. The second-order valence-corrected chi connectivity index (χ2v) is 6.81. The number of rotatable bonds is 6. The average Bonchev–Trinajstić information content (AvgIpc) is 3.19. The van der Waals surface area contributed by atoms with Gasteiger partial charge in [0.1, 0.15) is 0 Å². The second kappa shape index (κ2) is 7.21. The molecule has 3 heteroatoms. The summed E-state index contributed by atoms with van der Waals surface area (Å²) in [6, 6.07) is 13.6. The molecule has 0 radical (unpaired) electrons. The van der Waals surface area contributed by atoms with E-state index in [0.717, 1.165) is 13.1 Å². The van der Waals surface area contributed by atoms with E-state index in [2.05, 4.69) is 58.9 Å². The number of aryl methyl sites for hydroxylation is 1. The summed E-state index contributed by atoms with van der Waals surface area (Å²) in [5, 5.41) is 5.87. The fourth-order valence-electron chi connectivity index (χ4n) is 3.10. The van der Waals surface area contributed by atoms with Crippen LogP contribution >= 0.6 is 11.3 Å². The number of hydrogen-bond acceptors (Lipinski definition) is 3. The molecule has 1 saturated heterocycles. The third kappa shape index (κ3) is 3.73. The van der Waals surface area contributed by atoms with Crippen LogP contribution in [0.4, 0.5) is 0 Å². The molecule has 1 aromatic carbocycles. The van der Waals surface area contributed by atoms with Crippen LogP contribution in [0.5, 0.6) is 0 Å². The molecule has 3 rings (SSSR count). The smallest absolute Gasteiger partial charge is 0.0566 e. The molecule has 1 fully saturated rings. The van der Waals surface area contributed by atoms with Crippen LogP contribution in [0.15, 0.2) is 41.8 Å². The molecule has 1 atom stereocenters. The topological polar surface area (TPSA) is 15.3 Å². The first-order valence-corrected chi connectivity index (χ1v) is 8.75. The Hall–Kier alpha value is -1.16. The lowest BCUT2D eigenvalue weighted by Crippen LogP contribution is -2.33. The van der Waals surface area contributed by atoms with Crippen LogP contribution in [0.1, 0.15) is 34.9 Å². The van der Waals surface area contributed by atoms with Crippen LogP contribution in [0.3, 0.4) is 0 Å². The molecule has 1 aromatic heterocycles. The highest BCUT2D eigenvalue weighted by atomic mass is 32.1. The fraction of sp³-hybridized carbons (Fsp3) is 0.444. The maximum absolute atomic E-state index is 3.67. The Labute approximate surface area is 131 Å². The monoisotopic (exact) mass is 300 g/mol. The predicted molar refractivity (Wildman–Crippen MR) is 90.8 cm³/mol. The molecule has 0 bridgehead atoms. The standard InChI is InChI=1S/C18H24N2S/c1-15-7-2-3-8-16(15)13-19-14-17(18-9-6-12-21-18)20-10-4-5-11-20/h2-3,6-9,12,17,19H,4-5,10-11,13-14H2,1H3. The van der Waals surface area contributed by atoms with E-state index in [1.165, 1.54) is 41.9 Å². The summed E-state index contributed by atoms with van der Waals surface area (Å²) >= 11 is 1.89. The zero-order chi connectivity index (χ0) is 14.5. The number of thiophene rings is 1. The van der Waals surface area contributed by atoms with Gasteiger partial charge in [-0.25, -0.2) is 0 Å². The van der Waals surface area contributed by atoms with Gasteiger partial charge in [-0.1, -0.05) is 30.3 Å². The number of hydrogen-bond donors (Lipinski definition) is 1. The fourth-order valence-corrected chi connectivity index (χ4v) is 3.96. The lowest BCUT2D eigenvalue weighted by molar-refractivity contribution is 0.241. The molecular weight excluding hydrogens is 276 g/mol. The molecular formula is C18H24N2S. The van der Waals surface area contributed by atoms with Crippen molar-refractivity contribution in [3.8, 4) is 0 Å². The van der Waals surface area contributed by atoms with Crippen LogP contribution in [0.25, 0.3) is 0 Å². The van der Waals surface area contributed by atoms with Crippen molar-refractivity contribution >= 4 is 11.3 Å². The largest absolute Gasteiger partial charge is 0.311 e. The van der Waals surface area contributed by atoms with E-state index in [-0.39, 0.29) is 0 Å². The number of likely N-dealkylation sites (tertiary alicyclic amines) is 1. The summed E-state index contributed by atoms with van der Waals surface area (Å²) in [4.78, 5) is 4.13. The maximum atomic E-state index is 3.67. The third-order valence-corrected chi connectivity index (χ3v) is 5.34. The van der Waals surface area contributed by atoms with Crippen molar-refractivity contribution in [1.82, 2.24) is 10.2 Å². The molecule has 0 amide bonds. The summed E-state index contributed by atoms with van der Waals surface area (Å²) < 4.78 is 0. The highest BCUT2D eigenvalue weighted by Gasteiger charge is 2.23. The lowest BCUT2D eigenvalue weighted by Gasteiger charge is -2.27. The van der Waals surface area contributed by atoms with Gasteiger partial charge >= 0.3 is 0 Å². The second-order valence-electron chi connectivity index (χ2n) is 5.83. The minimum absolute atomic E-state index is 0.538. The van der Waals surface area contributed by atoms with Gasteiger partial charge < -0.3 is 5.32 Å². The minimum Gasteiger partial charge on any atom is -0.311 e. The van der Waals surface area contributed by atoms with Gasteiger partial charge in [-0.15, -0.1) is 11.3 Å². The first-order valence-electron chi connectivity index (χ1n) is 7.87. The minimum atomic E-state index is 0.538. The van der Waals surface area contributed by atoms with Gasteiger partial charge in [-0.3, -0.25) is 4.90 Å². The molecule has 1 N–H and O–H groups in total. The van der Waals surface area contributed by atoms with Crippen molar-refractivity contribution in [2.45, 2.75) is 32.4 Å². The number of nitrogens with one attached hydrogen (secondary N) is 1. The average molecular weight is 300 g/mol. The van der Waals surface area contributed by atoms with Gasteiger partial charge in [-0.2, -0.15) is 0 Å². The van der Waals surface area contributed by atoms with Gasteiger partial charge in [0.25, 0.3) is 0 Å². The quantitative estimate of drug-likeness (QED) is 0.868. The number of benzene rings is 1. The zero-order valence-corrected chi connectivity index (χ0v) is 13.5. The van der Waals surface area contributed by atoms with Gasteiger partial charge in [0.15, 0.2) is 0 Å². The Morgan fingerprint density at radius 3 is 2.67 bits per heavy atom. The molecule has 2 nitrogen and oxygen atoms in total. The van der Waals surface area contributed by atoms with E-state index in [1.807, 2.05) is 11.3 Å². The van der Waals surface area contributed by atoms with Gasteiger partial charge in [0.2, 0.25) is 0 Å². The van der Waals surface area contributed by atoms with Gasteiger partial charge in [-0.05, 0) is 55.4 Å². The Morgan fingerprint density at radius 1 is 1.14 bits per heavy atom. The van der Waals surface area contributed by atoms with Crippen molar-refractivity contribution in [1.29, 1.82) is 0 Å². The van der Waals surface area contributed by atoms with E-state index in [1.54, 1.807) is 0 Å². The molecule has 0 spiro atoms. The Kier molecular flexibility index (Phi) is 5.07. The van der Waals surface area contributed by atoms with E-state index in [0.29, 0.717) is 6.04 Å². The van der Waals surface area contributed by atoms with E-state index >= 15 is 0 Å². The first-order chi connectivity index (χ1) is 10.3. The third-order valence-electron chi connectivity index (χ3n) is 4.37. The van der Waals surface area contributed by atoms with E-state index < -0.39 is 0 Å². The Morgan fingerprint density at radius 2 is 1.95 bits per heavy atom. The van der Waals surface area contributed by atoms with Crippen LogP contribution in [-0.2, 0) is 6.54 Å². The van der Waals surface area contributed by atoms with Crippen LogP contribution in [0, 0.1) is 6.92 Å². The molecule has 21 heavy (non-hydrogen) atoms. The summed E-state index contributed by atoms with van der Waals surface area (Å²) in [5.74, 6) is 0. The van der Waals surface area contributed by atoms with Crippen molar-refractivity contribution in [3.05, 3.63) is 57.8 Å². The molecule has 2 heterocycles. The summed E-state index contributed by atoms with van der Waals surface area (Å²) in [5.41, 5.74) is 2.78. The molecule has 1 unspecified atom stereocenters. The van der Waals surface area contributed by atoms with E-state index in [4.69, 9.17) is 0 Å². The van der Waals surface area contributed by atoms with Crippen molar-refractivity contribution in [2.75, 3.05) is 19.6 Å². The molecule has 0 aliphatic carbocycles. The predicted octanol–water partition coefficient (Wildman–Crippen LogP) is 3.98. The normalized spacial score (nSPS) is 17.2. The zero-order valence-electron chi connectivity index (χ0n) is 12.7. The summed E-state index contributed by atoms with van der Waals surface area (Å²) in [7, 11) is 0. The van der Waals surface area contributed by atoms with Crippen LogP contribution < -0.4 is 5.32 Å². The van der Waals surface area contributed by atoms with Crippen LogP contribution in [0.2, 0.25) is 0 Å². The summed E-state index contributed by atoms with van der Waals surface area (Å²) in [6.07, 6.45) is 2.69. The molecule has 112 valence electrons. The highest BCUT2D eigenvalue weighted by Crippen LogP contribution is 2.27. The Bertz CT molecular complexity index is 544. The van der Waals surface area contributed by atoms with Gasteiger partial charge in [0.05, 0.1) is 6.04 Å². The highest BCUT2D eigenvalue weighted by molar-refractivity contribution is 7.10. The van der Waals surface area contributed by atoms with E-state index in [9.17, 15) is 0 Å². The maximum Gasteiger partial charge on any atom is 0.0566 e. The molecule has 1 aliphatic heterocycles. The SMILES string of the molecule is Cc1ccccc1CNCC(c1cccs1)N1CCCC1. The molecule has 1 aliphatic rings. The Balaban J connectivity index is 1.61. The molecule has 0 saturated carbocycles. The van der Waals surface area contributed by atoms with Crippen molar-refractivity contribution in [3.63, 3.8) is 0 Å². The molecule has 2 aromatic rings. The van der Waals surface area contributed by atoms with Crippen molar-refractivity contribution < 1.29 is 0 Å². The van der Waals surface area contributed by atoms with Gasteiger partial charge in [0, 0.05) is 18.0 Å². The number of nitrogens with zero attached hydrogens (tertiary/aromatic N) is 1.